The third-order valence-electron chi connectivity index (χ3n) is 4.44. The molecule has 3 atom stereocenters. The first kappa shape index (κ1) is 13.8. The van der Waals surface area contributed by atoms with E-state index in [9.17, 15) is 9.90 Å². The highest BCUT2D eigenvalue weighted by Crippen LogP contribution is 2.38. The Balaban J connectivity index is 1.65. The summed E-state index contributed by atoms with van der Waals surface area (Å²) in [4.78, 5) is 14.1. The number of hydrogen-bond donors (Lipinski definition) is 1. The molecule has 106 valence electrons. The average Bonchev–Trinajstić information content (AvgIpc) is 3.00. The maximum absolute atomic E-state index is 12.2. The van der Waals surface area contributed by atoms with Gasteiger partial charge in [0, 0.05) is 29.6 Å². The monoisotopic (exact) mass is 335 g/mol. The van der Waals surface area contributed by atoms with Crippen LogP contribution in [-0.2, 0) is 4.79 Å². The fraction of sp³-hybridized carbons (Fsp3) is 0.438. The van der Waals surface area contributed by atoms with Crippen LogP contribution < -0.4 is 0 Å². The number of benzene rings is 1. The van der Waals surface area contributed by atoms with E-state index in [0.717, 1.165) is 29.4 Å². The third-order valence-corrected chi connectivity index (χ3v) is 5.16. The molecule has 3 unspecified atom stereocenters. The van der Waals surface area contributed by atoms with Gasteiger partial charge in [0.1, 0.15) is 0 Å². The van der Waals surface area contributed by atoms with Crippen molar-refractivity contribution in [3.8, 4) is 0 Å². The Labute approximate surface area is 127 Å². The summed E-state index contributed by atoms with van der Waals surface area (Å²) in [5.74, 6) is 0.823. The van der Waals surface area contributed by atoms with E-state index in [0.29, 0.717) is 12.5 Å². The van der Waals surface area contributed by atoms with Gasteiger partial charge in [-0.1, -0.05) is 34.1 Å². The van der Waals surface area contributed by atoms with E-state index in [2.05, 4.69) is 15.9 Å². The summed E-state index contributed by atoms with van der Waals surface area (Å²) in [6.45, 7) is 1.49. The van der Waals surface area contributed by atoms with Gasteiger partial charge in [-0.25, -0.2) is 0 Å². The Bertz CT molecular complexity index is 543. The SMILES string of the molecule is O=C(/C=C/c1ccccc1Br)N1CC2CCC(O)C2C1. The van der Waals surface area contributed by atoms with Crippen molar-refractivity contribution in [1.82, 2.24) is 4.90 Å². The molecule has 1 aliphatic carbocycles. The summed E-state index contributed by atoms with van der Waals surface area (Å²) in [5.41, 5.74) is 1.00. The predicted molar refractivity (Wildman–Crippen MR) is 82.0 cm³/mol. The van der Waals surface area contributed by atoms with E-state index < -0.39 is 0 Å². The summed E-state index contributed by atoms with van der Waals surface area (Å²) in [6.07, 6.45) is 5.20. The summed E-state index contributed by atoms with van der Waals surface area (Å²) >= 11 is 3.47. The zero-order chi connectivity index (χ0) is 14.1. The minimum absolute atomic E-state index is 0.0438. The molecule has 1 N–H and O–H groups in total. The molecule has 1 saturated heterocycles. The van der Waals surface area contributed by atoms with Crippen LogP contribution in [0.15, 0.2) is 34.8 Å². The number of amides is 1. The molecule has 1 aliphatic heterocycles. The Morgan fingerprint density at radius 2 is 2.10 bits per heavy atom. The number of halogens is 1. The summed E-state index contributed by atoms with van der Waals surface area (Å²) in [6, 6.07) is 7.83. The standard InChI is InChI=1S/C16H18BrNO2/c17-14-4-2-1-3-11(14)6-8-16(20)18-9-12-5-7-15(19)13(12)10-18/h1-4,6,8,12-13,15,19H,5,7,9-10H2/b8-6+. The van der Waals surface area contributed by atoms with Crippen molar-refractivity contribution in [2.75, 3.05) is 13.1 Å². The lowest BCUT2D eigenvalue weighted by molar-refractivity contribution is -0.125. The maximum Gasteiger partial charge on any atom is 0.246 e. The number of likely N-dealkylation sites (tertiary alicyclic amines) is 1. The zero-order valence-corrected chi connectivity index (χ0v) is 12.8. The largest absolute Gasteiger partial charge is 0.393 e. The number of hydrogen-bond acceptors (Lipinski definition) is 2. The van der Waals surface area contributed by atoms with E-state index in [-0.39, 0.29) is 17.9 Å². The molecule has 3 nitrogen and oxygen atoms in total. The van der Waals surface area contributed by atoms with Crippen molar-refractivity contribution >= 4 is 27.9 Å². The van der Waals surface area contributed by atoms with Crippen molar-refractivity contribution in [2.24, 2.45) is 11.8 Å². The molecule has 0 radical (unpaired) electrons. The van der Waals surface area contributed by atoms with Crippen LogP contribution in [0.4, 0.5) is 0 Å². The molecule has 2 fully saturated rings. The van der Waals surface area contributed by atoms with Crippen LogP contribution in [0.5, 0.6) is 0 Å². The fourth-order valence-electron chi connectivity index (χ4n) is 3.29. The molecule has 0 bridgehead atoms. The third kappa shape index (κ3) is 2.67. The van der Waals surface area contributed by atoms with Crippen LogP contribution in [0.1, 0.15) is 18.4 Å². The second kappa shape index (κ2) is 5.70. The second-order valence-corrected chi connectivity index (χ2v) is 6.52. The minimum atomic E-state index is -0.218. The van der Waals surface area contributed by atoms with E-state index >= 15 is 0 Å². The van der Waals surface area contributed by atoms with Crippen molar-refractivity contribution in [1.29, 1.82) is 0 Å². The summed E-state index contributed by atoms with van der Waals surface area (Å²) in [5, 5.41) is 9.88. The number of carbonyl (C=O) groups is 1. The van der Waals surface area contributed by atoms with Crippen molar-refractivity contribution in [2.45, 2.75) is 18.9 Å². The summed E-state index contributed by atoms with van der Waals surface area (Å²) < 4.78 is 0.984. The van der Waals surface area contributed by atoms with Gasteiger partial charge < -0.3 is 10.0 Å². The molecule has 1 heterocycles. The van der Waals surface area contributed by atoms with Crippen LogP contribution in [0, 0.1) is 11.8 Å². The average molecular weight is 336 g/mol. The van der Waals surface area contributed by atoms with Crippen LogP contribution in [0.25, 0.3) is 6.08 Å². The first-order chi connectivity index (χ1) is 9.65. The molecule has 1 aromatic carbocycles. The first-order valence-electron chi connectivity index (χ1n) is 7.05. The smallest absolute Gasteiger partial charge is 0.246 e. The number of carbonyl (C=O) groups excluding carboxylic acids is 1. The number of aliphatic hydroxyl groups is 1. The number of aliphatic hydroxyl groups excluding tert-OH is 1. The normalized spacial score (nSPS) is 29.1. The Morgan fingerprint density at radius 1 is 1.30 bits per heavy atom. The first-order valence-corrected chi connectivity index (χ1v) is 7.84. The predicted octanol–water partition coefficient (Wildman–Crippen LogP) is 2.69. The molecule has 20 heavy (non-hydrogen) atoms. The van der Waals surface area contributed by atoms with Gasteiger partial charge in [-0.2, -0.15) is 0 Å². The molecule has 0 spiro atoms. The summed E-state index contributed by atoms with van der Waals surface area (Å²) in [7, 11) is 0. The number of rotatable bonds is 2. The molecular formula is C16H18BrNO2. The van der Waals surface area contributed by atoms with Gasteiger partial charge in [-0.05, 0) is 36.5 Å². The van der Waals surface area contributed by atoms with Gasteiger partial charge in [0.15, 0.2) is 0 Å². The van der Waals surface area contributed by atoms with Crippen molar-refractivity contribution in [3.05, 3.63) is 40.4 Å². The lowest BCUT2D eigenvalue weighted by Gasteiger charge is -2.16. The fourth-order valence-corrected chi connectivity index (χ4v) is 3.71. The maximum atomic E-state index is 12.2. The minimum Gasteiger partial charge on any atom is -0.393 e. The van der Waals surface area contributed by atoms with Gasteiger partial charge in [0.25, 0.3) is 0 Å². The van der Waals surface area contributed by atoms with Gasteiger partial charge >= 0.3 is 0 Å². The van der Waals surface area contributed by atoms with Gasteiger partial charge in [0.2, 0.25) is 5.91 Å². The number of fused-ring (bicyclic) bond motifs is 1. The molecule has 1 saturated carbocycles. The van der Waals surface area contributed by atoms with Crippen LogP contribution >= 0.6 is 15.9 Å². The lowest BCUT2D eigenvalue weighted by atomic mass is 10.00. The highest BCUT2D eigenvalue weighted by molar-refractivity contribution is 9.10. The Kier molecular flexibility index (Phi) is 3.94. The Morgan fingerprint density at radius 3 is 2.85 bits per heavy atom. The highest BCUT2D eigenvalue weighted by Gasteiger charge is 2.42. The number of nitrogens with zero attached hydrogens (tertiary/aromatic N) is 1. The molecule has 2 aliphatic rings. The molecule has 1 aromatic rings. The van der Waals surface area contributed by atoms with E-state index in [1.54, 1.807) is 6.08 Å². The topological polar surface area (TPSA) is 40.5 Å². The van der Waals surface area contributed by atoms with Gasteiger partial charge in [-0.15, -0.1) is 0 Å². The second-order valence-electron chi connectivity index (χ2n) is 5.67. The van der Waals surface area contributed by atoms with E-state index in [1.165, 1.54) is 0 Å². The van der Waals surface area contributed by atoms with Crippen LogP contribution in [0.3, 0.4) is 0 Å². The molecule has 4 heteroatoms. The van der Waals surface area contributed by atoms with Crippen molar-refractivity contribution in [3.63, 3.8) is 0 Å². The molecule has 0 aromatic heterocycles. The zero-order valence-electron chi connectivity index (χ0n) is 11.2. The Hall–Kier alpha value is -1.13. The quantitative estimate of drug-likeness (QED) is 0.844. The van der Waals surface area contributed by atoms with Crippen LogP contribution in [-0.4, -0.2) is 35.1 Å². The highest BCUT2D eigenvalue weighted by atomic mass is 79.9. The van der Waals surface area contributed by atoms with Crippen LogP contribution in [0.2, 0.25) is 0 Å². The molecule has 3 rings (SSSR count). The van der Waals surface area contributed by atoms with Gasteiger partial charge in [-0.3, -0.25) is 4.79 Å². The van der Waals surface area contributed by atoms with E-state index in [4.69, 9.17) is 0 Å². The molecule has 1 amide bonds. The molecular weight excluding hydrogens is 318 g/mol. The lowest BCUT2D eigenvalue weighted by Crippen LogP contribution is -2.29. The van der Waals surface area contributed by atoms with E-state index in [1.807, 2.05) is 35.2 Å². The van der Waals surface area contributed by atoms with Crippen molar-refractivity contribution < 1.29 is 9.90 Å². The van der Waals surface area contributed by atoms with Gasteiger partial charge in [0.05, 0.1) is 6.10 Å².